The summed E-state index contributed by atoms with van der Waals surface area (Å²) in [6, 6.07) is 9.55. The van der Waals surface area contributed by atoms with Crippen molar-refractivity contribution in [2.75, 3.05) is 32.1 Å². The fraction of sp³-hybridized carbons (Fsp3) is 0.333. The van der Waals surface area contributed by atoms with Crippen LogP contribution in [0.3, 0.4) is 0 Å². The van der Waals surface area contributed by atoms with Crippen molar-refractivity contribution in [3.63, 3.8) is 0 Å². The van der Waals surface area contributed by atoms with E-state index in [1.165, 1.54) is 0 Å². The molecular weight excluding hydrogens is 252 g/mol. The molecule has 5 nitrogen and oxygen atoms in total. The van der Waals surface area contributed by atoms with Crippen LogP contribution in [0.1, 0.15) is 11.3 Å². The van der Waals surface area contributed by atoms with E-state index in [1.807, 2.05) is 26.2 Å². The summed E-state index contributed by atoms with van der Waals surface area (Å²) >= 11 is 0. The summed E-state index contributed by atoms with van der Waals surface area (Å²) in [5.41, 5.74) is 0.581. The number of likely N-dealkylation sites (N-methyl/N-ethyl adjacent to an activating group) is 1. The number of rotatable bonds is 6. The van der Waals surface area contributed by atoms with Crippen LogP contribution in [-0.4, -0.2) is 37.1 Å². The third kappa shape index (κ3) is 3.59. The van der Waals surface area contributed by atoms with Crippen molar-refractivity contribution in [3.8, 4) is 6.07 Å². The Morgan fingerprint density at radius 1 is 1.25 bits per heavy atom. The number of aromatic nitrogens is 1. The Labute approximate surface area is 119 Å². The second-order valence-electron chi connectivity index (χ2n) is 4.79. The van der Waals surface area contributed by atoms with Crippen LogP contribution in [0, 0.1) is 11.3 Å². The number of pyridine rings is 1. The lowest BCUT2D eigenvalue weighted by Crippen LogP contribution is -2.32. The average molecular weight is 270 g/mol. The zero-order valence-electron chi connectivity index (χ0n) is 11.8. The van der Waals surface area contributed by atoms with Gasteiger partial charge in [0.2, 0.25) is 0 Å². The molecule has 5 heteroatoms. The molecule has 0 aromatic carbocycles. The highest BCUT2D eigenvalue weighted by atomic mass is 16.3. The predicted octanol–water partition coefficient (Wildman–Crippen LogP) is 2.11. The highest BCUT2D eigenvalue weighted by Gasteiger charge is 2.14. The zero-order chi connectivity index (χ0) is 14.4. The minimum Gasteiger partial charge on any atom is -0.467 e. The third-order valence-electron chi connectivity index (χ3n) is 2.95. The van der Waals surface area contributed by atoms with E-state index < -0.39 is 0 Å². The Morgan fingerprint density at radius 2 is 2.10 bits per heavy atom. The molecule has 104 valence electrons. The molecule has 20 heavy (non-hydrogen) atoms. The molecule has 0 aliphatic heterocycles. The van der Waals surface area contributed by atoms with E-state index in [1.54, 1.807) is 24.6 Å². The number of nitrogens with zero attached hydrogens (tertiary/aromatic N) is 4. The maximum absolute atomic E-state index is 9.22. The highest BCUT2D eigenvalue weighted by molar-refractivity contribution is 5.53. The minimum atomic E-state index is 0.581. The maximum Gasteiger partial charge on any atom is 0.146 e. The molecule has 2 aromatic heterocycles. The monoisotopic (exact) mass is 270 g/mol. The summed E-state index contributed by atoms with van der Waals surface area (Å²) < 4.78 is 5.40. The summed E-state index contributed by atoms with van der Waals surface area (Å²) in [6.07, 6.45) is 3.37. The van der Waals surface area contributed by atoms with Gasteiger partial charge in [-0.15, -0.1) is 0 Å². The zero-order valence-corrected chi connectivity index (χ0v) is 11.8. The summed E-state index contributed by atoms with van der Waals surface area (Å²) in [4.78, 5) is 8.52. The van der Waals surface area contributed by atoms with E-state index in [-0.39, 0.29) is 0 Å². The normalized spacial score (nSPS) is 10.5. The first kappa shape index (κ1) is 14.1. The molecule has 0 spiro atoms. The molecule has 0 fully saturated rings. The van der Waals surface area contributed by atoms with Gasteiger partial charge in [-0.05, 0) is 38.4 Å². The first-order valence-corrected chi connectivity index (χ1v) is 6.48. The molecule has 0 saturated heterocycles. The summed E-state index contributed by atoms with van der Waals surface area (Å²) in [5.74, 6) is 1.56. The second-order valence-corrected chi connectivity index (χ2v) is 4.79. The number of hydrogen-bond donors (Lipinski definition) is 0. The fourth-order valence-electron chi connectivity index (χ4n) is 1.91. The summed E-state index contributed by atoms with van der Waals surface area (Å²) in [6.45, 7) is 2.26. The molecule has 0 saturated carbocycles. The van der Waals surface area contributed by atoms with E-state index in [0.29, 0.717) is 17.9 Å². The quantitative estimate of drug-likeness (QED) is 0.804. The first-order chi connectivity index (χ1) is 9.70. The van der Waals surface area contributed by atoms with Gasteiger partial charge in [0.05, 0.1) is 18.4 Å². The van der Waals surface area contributed by atoms with Crippen LogP contribution in [-0.2, 0) is 6.54 Å². The van der Waals surface area contributed by atoms with Crippen LogP contribution >= 0.6 is 0 Å². The van der Waals surface area contributed by atoms with Gasteiger partial charge in [0.15, 0.2) is 0 Å². The van der Waals surface area contributed by atoms with Crippen LogP contribution in [0.25, 0.3) is 0 Å². The SMILES string of the molecule is CN(C)CCN(Cc1ccco1)c1ncccc1C#N. The molecule has 0 amide bonds. The van der Waals surface area contributed by atoms with Gasteiger partial charge in [0, 0.05) is 19.3 Å². The molecular formula is C15H18N4O. The molecule has 0 N–H and O–H groups in total. The average Bonchev–Trinajstić information content (AvgIpc) is 2.96. The minimum absolute atomic E-state index is 0.581. The number of hydrogen-bond acceptors (Lipinski definition) is 5. The van der Waals surface area contributed by atoms with Crippen molar-refractivity contribution in [1.82, 2.24) is 9.88 Å². The van der Waals surface area contributed by atoms with Crippen LogP contribution in [0.2, 0.25) is 0 Å². The van der Waals surface area contributed by atoms with Crippen LogP contribution in [0.15, 0.2) is 41.1 Å². The van der Waals surface area contributed by atoms with Gasteiger partial charge in [0.25, 0.3) is 0 Å². The fourth-order valence-corrected chi connectivity index (χ4v) is 1.91. The Bertz CT molecular complexity index is 572. The van der Waals surface area contributed by atoms with Gasteiger partial charge in [-0.2, -0.15) is 5.26 Å². The molecule has 0 bridgehead atoms. The largest absolute Gasteiger partial charge is 0.467 e. The number of nitriles is 1. The van der Waals surface area contributed by atoms with Gasteiger partial charge < -0.3 is 14.2 Å². The van der Waals surface area contributed by atoms with E-state index in [2.05, 4.69) is 20.9 Å². The van der Waals surface area contributed by atoms with Crippen molar-refractivity contribution in [2.24, 2.45) is 0 Å². The summed E-state index contributed by atoms with van der Waals surface area (Å²) in [5, 5.41) is 9.22. The van der Waals surface area contributed by atoms with Gasteiger partial charge in [-0.3, -0.25) is 0 Å². The van der Waals surface area contributed by atoms with Crippen LogP contribution in [0.4, 0.5) is 5.82 Å². The molecule has 2 heterocycles. The lowest BCUT2D eigenvalue weighted by atomic mass is 10.2. The van der Waals surface area contributed by atoms with E-state index >= 15 is 0 Å². The molecule has 2 rings (SSSR count). The van der Waals surface area contributed by atoms with Gasteiger partial charge in [0.1, 0.15) is 17.6 Å². The molecule has 2 aromatic rings. The standard InChI is InChI=1S/C15H18N4O/c1-18(2)8-9-19(12-14-6-4-10-20-14)15-13(11-16)5-3-7-17-15/h3-7,10H,8-9,12H2,1-2H3. The van der Waals surface area contributed by atoms with E-state index in [0.717, 1.165) is 18.8 Å². The smallest absolute Gasteiger partial charge is 0.146 e. The second kappa shape index (κ2) is 6.73. The topological polar surface area (TPSA) is 56.3 Å². The number of anilines is 1. The van der Waals surface area contributed by atoms with Crippen molar-refractivity contribution in [1.29, 1.82) is 5.26 Å². The van der Waals surface area contributed by atoms with Crippen molar-refractivity contribution in [3.05, 3.63) is 48.0 Å². The van der Waals surface area contributed by atoms with Crippen LogP contribution < -0.4 is 4.90 Å². The van der Waals surface area contributed by atoms with Crippen LogP contribution in [0.5, 0.6) is 0 Å². The molecule has 0 aliphatic rings. The van der Waals surface area contributed by atoms with Crippen molar-refractivity contribution in [2.45, 2.75) is 6.54 Å². The summed E-state index contributed by atoms with van der Waals surface area (Å²) in [7, 11) is 4.05. The lowest BCUT2D eigenvalue weighted by molar-refractivity contribution is 0.407. The maximum atomic E-state index is 9.22. The van der Waals surface area contributed by atoms with Crippen molar-refractivity contribution >= 4 is 5.82 Å². The molecule has 0 radical (unpaired) electrons. The Morgan fingerprint density at radius 3 is 2.75 bits per heavy atom. The van der Waals surface area contributed by atoms with Gasteiger partial charge in [-0.25, -0.2) is 4.98 Å². The molecule has 0 aliphatic carbocycles. The Kier molecular flexibility index (Phi) is 4.75. The lowest BCUT2D eigenvalue weighted by Gasteiger charge is -2.25. The van der Waals surface area contributed by atoms with E-state index in [4.69, 9.17) is 4.42 Å². The third-order valence-corrected chi connectivity index (χ3v) is 2.95. The van der Waals surface area contributed by atoms with E-state index in [9.17, 15) is 5.26 Å². The highest BCUT2D eigenvalue weighted by Crippen LogP contribution is 2.19. The number of furan rings is 1. The Hall–Kier alpha value is -2.32. The van der Waals surface area contributed by atoms with Crippen molar-refractivity contribution < 1.29 is 4.42 Å². The predicted molar refractivity (Wildman–Crippen MR) is 77.3 cm³/mol. The van der Waals surface area contributed by atoms with Gasteiger partial charge >= 0.3 is 0 Å². The first-order valence-electron chi connectivity index (χ1n) is 6.48. The Balaban J connectivity index is 2.23. The molecule has 0 atom stereocenters. The van der Waals surface area contributed by atoms with Gasteiger partial charge in [-0.1, -0.05) is 0 Å². The molecule has 0 unspecified atom stereocenters.